The van der Waals surface area contributed by atoms with Gasteiger partial charge in [-0.05, 0) is 0 Å². The second-order valence-corrected chi connectivity index (χ2v) is 22.4. The van der Waals surface area contributed by atoms with Crippen LogP contribution >= 0.6 is 34.8 Å². The van der Waals surface area contributed by atoms with Gasteiger partial charge in [0.2, 0.25) is 0 Å². The van der Waals surface area contributed by atoms with E-state index in [0.717, 1.165) is 31.2 Å². The Hall–Kier alpha value is 1.26. The van der Waals surface area contributed by atoms with Crippen LogP contribution in [0.15, 0.2) is 0 Å². The molecule has 0 fully saturated rings. The first-order valence-electron chi connectivity index (χ1n) is 6.11. The first-order chi connectivity index (χ1) is 7.81. The van der Waals surface area contributed by atoms with E-state index < -0.39 is 31.4 Å². The van der Waals surface area contributed by atoms with Gasteiger partial charge < -0.3 is 0 Å². The van der Waals surface area contributed by atoms with E-state index in [4.69, 9.17) is 37.5 Å². The molecule has 0 aliphatic heterocycles. The van der Waals surface area contributed by atoms with Crippen LogP contribution in [-0.4, -0.2) is 31.4 Å². The number of carbonyl (C=O) groups is 1. The first kappa shape index (κ1) is 18.3. The fourth-order valence-electron chi connectivity index (χ4n) is 2.15. The van der Waals surface area contributed by atoms with Crippen molar-refractivity contribution in [3.8, 4) is 0 Å². The second-order valence-electron chi connectivity index (χ2n) is 4.32. The van der Waals surface area contributed by atoms with Gasteiger partial charge in [0.25, 0.3) is 0 Å². The van der Waals surface area contributed by atoms with Gasteiger partial charge in [0.05, 0.1) is 0 Å². The molecule has 0 aromatic rings. The molecule has 102 valence electrons. The second kappa shape index (κ2) is 8.44. The van der Waals surface area contributed by atoms with Crippen molar-refractivity contribution in [2.24, 2.45) is 0 Å². The molecular formula is C11H21Cl3O2Pb. The molecule has 0 amide bonds. The maximum absolute atomic E-state index is 11.7. The molecule has 2 nitrogen and oxygen atoms in total. The van der Waals surface area contributed by atoms with E-state index in [1.807, 2.05) is 0 Å². The van der Waals surface area contributed by atoms with Crippen LogP contribution in [0.4, 0.5) is 0 Å². The standard InChI is InChI=1S/3C3H7.C2HCl3O2.Pb/c3*1-3-2;3-2(4,5)1(6)7;/h3*1,3H2,2H3;(H,6,7);/q;;;;+1/p-1. The third-order valence-corrected chi connectivity index (χ3v) is 22.0. The van der Waals surface area contributed by atoms with Crippen molar-refractivity contribution >= 4 is 62.4 Å². The molecule has 0 radical (unpaired) electrons. The minimum atomic E-state index is -3.03. The van der Waals surface area contributed by atoms with Crippen molar-refractivity contribution in [3.05, 3.63) is 0 Å². The summed E-state index contributed by atoms with van der Waals surface area (Å²) in [6.07, 6.45) is 3.11. The Bertz CT molecular complexity index is 224. The number of rotatable bonds is 7. The van der Waals surface area contributed by atoms with E-state index >= 15 is 0 Å². The van der Waals surface area contributed by atoms with Gasteiger partial charge in [-0.3, -0.25) is 0 Å². The number of alkyl halides is 3. The monoisotopic (exact) mass is 498 g/mol. The summed E-state index contributed by atoms with van der Waals surface area (Å²) in [6, 6.07) is 0. The molecule has 0 atom stereocenters. The summed E-state index contributed by atoms with van der Waals surface area (Å²) < 4.78 is 6.87. The zero-order valence-electron chi connectivity index (χ0n) is 10.7. The molecule has 0 N–H and O–H groups in total. The third-order valence-electron chi connectivity index (χ3n) is 2.66. The molecule has 6 heteroatoms. The van der Waals surface area contributed by atoms with Crippen molar-refractivity contribution in [2.75, 3.05) is 0 Å². The van der Waals surface area contributed by atoms with Crippen LogP contribution in [-0.2, 0) is 7.48 Å². The summed E-state index contributed by atoms with van der Waals surface area (Å²) in [5.74, 6) is -0.667. The van der Waals surface area contributed by atoms with Crippen LogP contribution in [0.25, 0.3) is 0 Å². The molecule has 0 saturated heterocycles. The van der Waals surface area contributed by atoms with E-state index in [9.17, 15) is 4.79 Å². The molecule has 0 rings (SSSR count). The van der Waals surface area contributed by atoms with Gasteiger partial charge in [0.1, 0.15) is 0 Å². The Labute approximate surface area is 125 Å². The SMILES string of the molecule is CC[CH2][Pb]([CH2]CC)([CH2]CC)[O]C(=O)C(Cl)(Cl)Cl. The fraction of sp³-hybridized carbons (Fsp3) is 0.909. The summed E-state index contributed by atoms with van der Waals surface area (Å²) in [5, 5.41) is 0. The summed E-state index contributed by atoms with van der Waals surface area (Å²) >= 11 is 13.7. The fourth-order valence-corrected chi connectivity index (χ4v) is 19.9. The number of carbonyl (C=O) groups excluding carboxylic acids is 1. The Morgan fingerprint density at radius 2 is 1.35 bits per heavy atom. The van der Waals surface area contributed by atoms with Crippen LogP contribution < -0.4 is 0 Å². The van der Waals surface area contributed by atoms with E-state index in [2.05, 4.69) is 20.8 Å². The van der Waals surface area contributed by atoms with Crippen molar-refractivity contribution in [1.82, 2.24) is 0 Å². The summed E-state index contributed by atoms with van der Waals surface area (Å²) in [7, 11) is 0. The third kappa shape index (κ3) is 6.83. The van der Waals surface area contributed by atoms with Crippen molar-refractivity contribution in [3.63, 3.8) is 0 Å². The molecule has 0 bridgehead atoms. The van der Waals surface area contributed by atoms with Crippen LogP contribution in [0.2, 0.25) is 11.9 Å². The quantitative estimate of drug-likeness (QED) is 0.362. The van der Waals surface area contributed by atoms with Crippen LogP contribution in [0.1, 0.15) is 40.0 Å². The first-order valence-corrected chi connectivity index (χ1v) is 17.1. The van der Waals surface area contributed by atoms with E-state index in [1.54, 1.807) is 0 Å². The molecule has 0 aliphatic carbocycles. The molecule has 0 saturated carbocycles. The zero-order chi connectivity index (χ0) is 13.5. The molecular weight excluding hydrogens is 478 g/mol. The minimum absolute atomic E-state index is 0.667. The summed E-state index contributed by atoms with van der Waals surface area (Å²) in [6.45, 7) is 6.34. The maximum atomic E-state index is 11.7. The summed E-state index contributed by atoms with van der Waals surface area (Å²) in [5.41, 5.74) is 0. The number of halogens is 3. The average molecular weight is 499 g/mol. The predicted octanol–water partition coefficient (Wildman–Crippen LogP) is 5.08. The molecule has 0 aromatic heterocycles. The van der Waals surface area contributed by atoms with Gasteiger partial charge in [-0.2, -0.15) is 0 Å². The van der Waals surface area contributed by atoms with Crippen molar-refractivity contribution in [2.45, 2.75) is 55.8 Å². The molecule has 0 heterocycles. The van der Waals surface area contributed by atoms with E-state index in [1.165, 1.54) is 0 Å². The van der Waals surface area contributed by atoms with Gasteiger partial charge in [-0.1, -0.05) is 0 Å². The Kier molecular flexibility index (Phi) is 9.06. The number of hydrogen-bond donors (Lipinski definition) is 0. The average Bonchev–Trinajstić information content (AvgIpc) is 2.17. The normalized spacial score (nSPS) is 12.6. The molecule has 0 aromatic carbocycles. The Morgan fingerprint density at radius 1 is 1.00 bits per heavy atom. The van der Waals surface area contributed by atoms with E-state index in [0.29, 0.717) is 0 Å². The predicted molar refractivity (Wildman–Crippen MR) is 77.4 cm³/mol. The topological polar surface area (TPSA) is 26.3 Å². The Balaban J connectivity index is 4.82. The van der Waals surface area contributed by atoms with Crippen LogP contribution in [0.3, 0.4) is 0 Å². The molecule has 17 heavy (non-hydrogen) atoms. The van der Waals surface area contributed by atoms with Gasteiger partial charge in [0.15, 0.2) is 0 Å². The molecule has 0 aliphatic rings. The van der Waals surface area contributed by atoms with Gasteiger partial charge >= 0.3 is 126 Å². The number of hydrogen-bond acceptors (Lipinski definition) is 2. The van der Waals surface area contributed by atoms with Gasteiger partial charge in [0, 0.05) is 0 Å². The van der Waals surface area contributed by atoms with Crippen molar-refractivity contribution in [1.29, 1.82) is 0 Å². The van der Waals surface area contributed by atoms with Crippen molar-refractivity contribution < 1.29 is 7.48 Å². The van der Waals surface area contributed by atoms with Gasteiger partial charge in [-0.15, -0.1) is 0 Å². The molecule has 0 spiro atoms. The molecule has 0 unspecified atom stereocenters. The van der Waals surface area contributed by atoms with E-state index in [-0.39, 0.29) is 0 Å². The van der Waals surface area contributed by atoms with Crippen LogP contribution in [0.5, 0.6) is 0 Å². The van der Waals surface area contributed by atoms with Gasteiger partial charge in [-0.25, -0.2) is 0 Å². The summed E-state index contributed by atoms with van der Waals surface area (Å²) in [4.78, 5) is 11.7. The van der Waals surface area contributed by atoms with Crippen LogP contribution in [0, 0.1) is 0 Å². The zero-order valence-corrected chi connectivity index (χ0v) is 16.8. The Morgan fingerprint density at radius 3 is 1.59 bits per heavy atom.